The largest absolute Gasteiger partial charge is 0.378 e. The maximum absolute atomic E-state index is 12.3. The van der Waals surface area contributed by atoms with Crippen LogP contribution in [0.4, 0.5) is 5.82 Å². The van der Waals surface area contributed by atoms with Crippen LogP contribution in [0.3, 0.4) is 0 Å². The molecule has 0 aromatic carbocycles. The van der Waals surface area contributed by atoms with Crippen molar-refractivity contribution in [3.05, 3.63) is 11.8 Å². The first-order valence-corrected chi connectivity index (χ1v) is 8.05. The third kappa shape index (κ3) is 4.81. The molecule has 1 aliphatic heterocycles. The van der Waals surface area contributed by atoms with E-state index in [9.17, 15) is 4.79 Å². The van der Waals surface area contributed by atoms with Gasteiger partial charge < -0.3 is 14.6 Å². The van der Waals surface area contributed by atoms with Crippen molar-refractivity contribution in [1.29, 1.82) is 0 Å². The number of carbonyl (C=O) groups excluding carboxylic acids is 1. The molecule has 124 valence electrons. The van der Waals surface area contributed by atoms with Crippen LogP contribution in [-0.4, -0.2) is 47.8 Å². The summed E-state index contributed by atoms with van der Waals surface area (Å²) in [6.07, 6.45) is 2.29. The summed E-state index contributed by atoms with van der Waals surface area (Å²) in [4.78, 5) is 14.4. The molecule has 0 radical (unpaired) electrons. The van der Waals surface area contributed by atoms with E-state index >= 15 is 0 Å². The number of anilines is 1. The highest BCUT2D eigenvalue weighted by atomic mass is 16.5. The lowest BCUT2D eigenvalue weighted by atomic mass is 10.1. The van der Waals surface area contributed by atoms with Gasteiger partial charge in [-0.2, -0.15) is 0 Å². The maximum Gasteiger partial charge on any atom is 0.242 e. The fourth-order valence-electron chi connectivity index (χ4n) is 2.58. The second kappa shape index (κ2) is 7.74. The van der Waals surface area contributed by atoms with Crippen molar-refractivity contribution in [3.8, 4) is 0 Å². The lowest BCUT2D eigenvalue weighted by Crippen LogP contribution is -2.47. The minimum absolute atomic E-state index is 0.0464. The average Bonchev–Trinajstić information content (AvgIpc) is 2.90. The van der Waals surface area contributed by atoms with E-state index in [1.54, 1.807) is 13.0 Å². The Kier molecular flexibility index (Phi) is 5.97. The fourth-order valence-corrected chi connectivity index (χ4v) is 2.58. The molecule has 1 aromatic heterocycles. The monoisotopic (exact) mass is 309 g/mol. The number of aryl methyl sites for hydroxylation is 1. The minimum atomic E-state index is -0.178. The van der Waals surface area contributed by atoms with Gasteiger partial charge in [-0.25, -0.2) is 0 Å². The molecule has 1 fully saturated rings. The summed E-state index contributed by atoms with van der Waals surface area (Å²) >= 11 is 0. The maximum atomic E-state index is 12.3. The zero-order chi connectivity index (χ0) is 16.1. The number of nitrogens with zero attached hydrogens (tertiary/aromatic N) is 2. The molecule has 1 aliphatic rings. The molecule has 0 saturated carbocycles. The molecular weight excluding hydrogens is 282 g/mol. The van der Waals surface area contributed by atoms with E-state index in [0.717, 1.165) is 32.5 Å². The van der Waals surface area contributed by atoms with Crippen molar-refractivity contribution < 1.29 is 14.1 Å². The predicted octanol–water partition coefficient (Wildman–Crippen LogP) is 2.45. The number of amides is 1. The van der Waals surface area contributed by atoms with Crippen molar-refractivity contribution in [2.45, 2.75) is 52.7 Å². The molecule has 0 aliphatic carbocycles. The average molecular weight is 309 g/mol. The van der Waals surface area contributed by atoms with Crippen LogP contribution in [0.25, 0.3) is 0 Å². The Morgan fingerprint density at radius 2 is 2.14 bits per heavy atom. The number of aromatic nitrogens is 1. The molecule has 6 nitrogen and oxygen atoms in total. The molecule has 2 rings (SSSR count). The van der Waals surface area contributed by atoms with Gasteiger partial charge in [0.2, 0.25) is 5.91 Å². The lowest BCUT2D eigenvalue weighted by Gasteiger charge is -2.35. The van der Waals surface area contributed by atoms with Crippen molar-refractivity contribution >= 4 is 11.7 Å². The number of hydrogen-bond donors (Lipinski definition) is 1. The molecule has 1 N–H and O–H groups in total. The van der Waals surface area contributed by atoms with Gasteiger partial charge in [0.05, 0.1) is 12.1 Å². The molecule has 1 aromatic rings. The fraction of sp³-hybridized carbons (Fsp3) is 0.750. The van der Waals surface area contributed by atoms with Crippen LogP contribution >= 0.6 is 0 Å². The summed E-state index contributed by atoms with van der Waals surface area (Å²) in [7, 11) is 0. The van der Waals surface area contributed by atoms with Gasteiger partial charge in [-0.15, -0.1) is 0 Å². The smallest absolute Gasteiger partial charge is 0.242 e. The Bertz CT molecular complexity index is 479. The van der Waals surface area contributed by atoms with Crippen molar-refractivity contribution in [2.24, 2.45) is 5.92 Å². The summed E-state index contributed by atoms with van der Waals surface area (Å²) in [6.45, 7) is 10.6. The van der Waals surface area contributed by atoms with Gasteiger partial charge in [-0.1, -0.05) is 19.0 Å². The first-order valence-electron chi connectivity index (χ1n) is 8.05. The summed E-state index contributed by atoms with van der Waals surface area (Å²) < 4.78 is 10.8. The van der Waals surface area contributed by atoms with Crippen LogP contribution in [-0.2, 0) is 9.53 Å². The molecule has 1 unspecified atom stereocenters. The van der Waals surface area contributed by atoms with Crippen LogP contribution in [0.5, 0.6) is 0 Å². The topological polar surface area (TPSA) is 67.6 Å². The number of ether oxygens (including phenoxy) is 1. The van der Waals surface area contributed by atoms with Gasteiger partial charge in [-0.05, 0) is 32.6 Å². The van der Waals surface area contributed by atoms with Crippen molar-refractivity contribution in [2.75, 3.05) is 25.0 Å². The van der Waals surface area contributed by atoms with E-state index in [-0.39, 0.29) is 11.9 Å². The van der Waals surface area contributed by atoms with Crippen LogP contribution in [0.1, 0.15) is 39.4 Å². The Hall–Kier alpha value is -1.40. The number of rotatable bonds is 6. The number of hydrogen-bond acceptors (Lipinski definition) is 5. The zero-order valence-electron chi connectivity index (χ0n) is 14.0. The molecular formula is C16H27N3O3. The molecule has 1 atom stereocenters. The summed E-state index contributed by atoms with van der Waals surface area (Å²) in [5.41, 5.74) is 0. The Morgan fingerprint density at radius 3 is 2.68 bits per heavy atom. The first-order chi connectivity index (χ1) is 10.5. The highest BCUT2D eigenvalue weighted by Gasteiger charge is 2.27. The minimum Gasteiger partial charge on any atom is -0.378 e. The summed E-state index contributed by atoms with van der Waals surface area (Å²) in [5, 5.41) is 6.59. The quantitative estimate of drug-likeness (QED) is 0.874. The summed E-state index contributed by atoms with van der Waals surface area (Å²) in [5.74, 6) is 1.68. The standard InChI is InChI=1S/C16H27N3O3/c1-11(2)10-21-14-5-7-19(8-6-14)13(4)16(20)17-15-9-12(3)22-18-15/h9,11,13-14H,5-8,10H2,1-4H3,(H,17,18,20). The number of nitrogens with one attached hydrogen (secondary N) is 1. The SMILES string of the molecule is Cc1cc(NC(=O)C(C)N2CCC(OCC(C)C)CC2)no1. The van der Waals surface area contributed by atoms with Crippen LogP contribution in [0.15, 0.2) is 10.6 Å². The number of likely N-dealkylation sites (tertiary alicyclic amines) is 1. The molecule has 1 saturated heterocycles. The first kappa shape index (κ1) is 17.0. The van der Waals surface area contributed by atoms with Crippen LogP contribution in [0.2, 0.25) is 0 Å². The van der Waals surface area contributed by atoms with E-state index in [4.69, 9.17) is 9.26 Å². The highest BCUT2D eigenvalue weighted by Crippen LogP contribution is 2.18. The van der Waals surface area contributed by atoms with E-state index < -0.39 is 0 Å². The Balaban J connectivity index is 1.76. The van der Waals surface area contributed by atoms with E-state index in [0.29, 0.717) is 23.6 Å². The Labute approximate surface area is 132 Å². The van der Waals surface area contributed by atoms with E-state index in [1.807, 2.05) is 6.92 Å². The molecule has 0 bridgehead atoms. The summed E-state index contributed by atoms with van der Waals surface area (Å²) in [6, 6.07) is 1.54. The molecule has 0 spiro atoms. The van der Waals surface area contributed by atoms with Gasteiger partial charge in [0, 0.05) is 25.8 Å². The van der Waals surface area contributed by atoms with Gasteiger partial charge in [0.25, 0.3) is 0 Å². The molecule has 6 heteroatoms. The van der Waals surface area contributed by atoms with E-state index in [1.165, 1.54) is 0 Å². The van der Waals surface area contributed by atoms with Gasteiger partial charge in [0.1, 0.15) is 5.76 Å². The molecule has 2 heterocycles. The predicted molar refractivity (Wildman–Crippen MR) is 84.7 cm³/mol. The molecule has 1 amide bonds. The number of piperidine rings is 1. The zero-order valence-corrected chi connectivity index (χ0v) is 14.0. The third-order valence-corrected chi connectivity index (χ3v) is 3.95. The second-order valence-electron chi connectivity index (χ2n) is 6.45. The second-order valence-corrected chi connectivity index (χ2v) is 6.45. The molecule has 22 heavy (non-hydrogen) atoms. The highest BCUT2D eigenvalue weighted by molar-refractivity contribution is 5.93. The van der Waals surface area contributed by atoms with E-state index in [2.05, 4.69) is 29.2 Å². The normalized spacial score (nSPS) is 18.6. The van der Waals surface area contributed by atoms with Gasteiger partial charge in [-0.3, -0.25) is 9.69 Å². The van der Waals surface area contributed by atoms with Crippen molar-refractivity contribution in [3.63, 3.8) is 0 Å². The van der Waals surface area contributed by atoms with Crippen LogP contribution < -0.4 is 5.32 Å². The Morgan fingerprint density at radius 1 is 1.45 bits per heavy atom. The van der Waals surface area contributed by atoms with Gasteiger partial charge >= 0.3 is 0 Å². The van der Waals surface area contributed by atoms with Crippen LogP contribution in [0, 0.1) is 12.8 Å². The number of carbonyl (C=O) groups is 1. The lowest BCUT2D eigenvalue weighted by molar-refractivity contribution is -0.122. The van der Waals surface area contributed by atoms with Crippen molar-refractivity contribution in [1.82, 2.24) is 10.1 Å². The van der Waals surface area contributed by atoms with Gasteiger partial charge in [0.15, 0.2) is 5.82 Å². The third-order valence-electron chi connectivity index (χ3n) is 3.95.